The van der Waals surface area contributed by atoms with Crippen molar-refractivity contribution in [2.75, 3.05) is 0 Å². The lowest BCUT2D eigenvalue weighted by Crippen LogP contribution is -2.08. The fourth-order valence-electron chi connectivity index (χ4n) is 1.27. The molecule has 1 aromatic heterocycles. The summed E-state index contributed by atoms with van der Waals surface area (Å²) >= 11 is 5.63. The van der Waals surface area contributed by atoms with E-state index < -0.39 is 5.97 Å². The molecule has 1 aromatic carbocycles. The number of esters is 1. The zero-order valence-corrected chi connectivity index (χ0v) is 9.94. The van der Waals surface area contributed by atoms with Crippen LogP contribution in [0.1, 0.15) is 15.9 Å². The van der Waals surface area contributed by atoms with Gasteiger partial charge in [-0.1, -0.05) is 29.3 Å². The maximum atomic E-state index is 11.7. The van der Waals surface area contributed by atoms with E-state index in [-0.39, 0.29) is 0 Å². The lowest BCUT2D eigenvalue weighted by atomic mass is 10.2. The molecule has 0 radical (unpaired) electrons. The molecular weight excluding hydrogens is 238 g/mol. The van der Waals surface area contributed by atoms with Crippen molar-refractivity contribution in [2.45, 2.75) is 6.92 Å². The number of benzene rings is 1. The molecule has 0 bridgehead atoms. The predicted molar refractivity (Wildman–Crippen MR) is 65.4 cm³/mol. The summed E-state index contributed by atoms with van der Waals surface area (Å²) in [6.07, 6.45) is 1.39. The standard InChI is InChI=1S/C13H10ClNO2/c1-9-2-5-11(6-3-9)17-13(16)10-4-7-12(14)15-8-10/h2-8H,1H3. The number of halogens is 1. The zero-order chi connectivity index (χ0) is 12.3. The highest BCUT2D eigenvalue weighted by Gasteiger charge is 2.08. The molecule has 0 aliphatic rings. The summed E-state index contributed by atoms with van der Waals surface area (Å²) in [6.45, 7) is 1.97. The first kappa shape index (κ1) is 11.6. The molecule has 0 amide bonds. The molecule has 86 valence electrons. The summed E-state index contributed by atoms with van der Waals surface area (Å²) in [5.74, 6) is 0.0635. The number of carbonyl (C=O) groups is 1. The molecule has 0 saturated carbocycles. The van der Waals surface area contributed by atoms with E-state index in [0.29, 0.717) is 16.5 Å². The fraction of sp³-hybridized carbons (Fsp3) is 0.0769. The molecule has 0 saturated heterocycles. The van der Waals surface area contributed by atoms with Gasteiger partial charge in [0.2, 0.25) is 0 Å². The number of hydrogen-bond acceptors (Lipinski definition) is 3. The van der Waals surface area contributed by atoms with E-state index in [2.05, 4.69) is 4.98 Å². The maximum absolute atomic E-state index is 11.7. The Labute approximate surface area is 104 Å². The van der Waals surface area contributed by atoms with Crippen LogP contribution >= 0.6 is 11.6 Å². The maximum Gasteiger partial charge on any atom is 0.345 e. The van der Waals surface area contributed by atoms with Gasteiger partial charge in [0.1, 0.15) is 10.9 Å². The van der Waals surface area contributed by atoms with E-state index in [1.54, 1.807) is 24.3 Å². The normalized spacial score (nSPS) is 10.0. The SMILES string of the molecule is Cc1ccc(OC(=O)c2ccc(Cl)nc2)cc1. The Morgan fingerprint density at radius 1 is 1.18 bits per heavy atom. The molecule has 0 fully saturated rings. The van der Waals surface area contributed by atoms with E-state index in [1.165, 1.54) is 6.20 Å². The van der Waals surface area contributed by atoms with Crippen molar-refractivity contribution in [3.8, 4) is 5.75 Å². The third-order valence-electron chi connectivity index (χ3n) is 2.19. The number of rotatable bonds is 2. The van der Waals surface area contributed by atoms with Crippen LogP contribution in [0, 0.1) is 6.92 Å². The quantitative estimate of drug-likeness (QED) is 0.465. The topological polar surface area (TPSA) is 39.2 Å². The van der Waals surface area contributed by atoms with Gasteiger partial charge >= 0.3 is 5.97 Å². The van der Waals surface area contributed by atoms with Crippen LogP contribution in [-0.4, -0.2) is 11.0 Å². The largest absolute Gasteiger partial charge is 0.423 e. The van der Waals surface area contributed by atoms with Gasteiger partial charge in [0.15, 0.2) is 0 Å². The van der Waals surface area contributed by atoms with E-state index in [0.717, 1.165) is 5.56 Å². The van der Waals surface area contributed by atoms with Crippen LogP contribution in [0.2, 0.25) is 5.15 Å². The molecule has 3 nitrogen and oxygen atoms in total. The number of pyridine rings is 1. The van der Waals surface area contributed by atoms with Crippen molar-refractivity contribution < 1.29 is 9.53 Å². The first-order valence-corrected chi connectivity index (χ1v) is 5.43. The lowest BCUT2D eigenvalue weighted by molar-refractivity contribution is 0.0734. The fourth-order valence-corrected chi connectivity index (χ4v) is 1.38. The van der Waals surface area contributed by atoms with Crippen LogP contribution in [0.5, 0.6) is 5.75 Å². The average molecular weight is 248 g/mol. The smallest absolute Gasteiger partial charge is 0.345 e. The molecular formula is C13H10ClNO2. The van der Waals surface area contributed by atoms with Crippen molar-refractivity contribution in [3.05, 3.63) is 58.9 Å². The minimum Gasteiger partial charge on any atom is -0.423 e. The van der Waals surface area contributed by atoms with Gasteiger partial charge < -0.3 is 4.74 Å². The Morgan fingerprint density at radius 2 is 1.88 bits per heavy atom. The molecule has 0 unspecified atom stereocenters. The molecule has 0 N–H and O–H groups in total. The second-order valence-electron chi connectivity index (χ2n) is 3.57. The van der Waals surface area contributed by atoms with Crippen LogP contribution in [0.25, 0.3) is 0 Å². The number of nitrogens with zero attached hydrogens (tertiary/aromatic N) is 1. The van der Waals surface area contributed by atoms with Crippen LogP contribution in [0.15, 0.2) is 42.6 Å². The number of aromatic nitrogens is 1. The molecule has 2 aromatic rings. The van der Waals surface area contributed by atoms with Gasteiger partial charge in [0.05, 0.1) is 5.56 Å². The Balaban J connectivity index is 2.11. The van der Waals surface area contributed by atoms with Crippen molar-refractivity contribution >= 4 is 17.6 Å². The van der Waals surface area contributed by atoms with Crippen LogP contribution < -0.4 is 4.74 Å². The number of ether oxygens (including phenoxy) is 1. The van der Waals surface area contributed by atoms with E-state index in [1.807, 2.05) is 19.1 Å². The third kappa shape index (κ3) is 3.04. The van der Waals surface area contributed by atoms with Crippen molar-refractivity contribution in [1.82, 2.24) is 4.98 Å². The second-order valence-corrected chi connectivity index (χ2v) is 3.96. The Kier molecular flexibility index (Phi) is 3.40. The summed E-state index contributed by atoms with van der Waals surface area (Å²) in [5.41, 5.74) is 1.48. The minimum absolute atomic E-state index is 0.344. The van der Waals surface area contributed by atoms with Crippen molar-refractivity contribution in [3.63, 3.8) is 0 Å². The molecule has 2 rings (SSSR count). The van der Waals surface area contributed by atoms with Gasteiger partial charge in [-0.05, 0) is 31.2 Å². The summed E-state index contributed by atoms with van der Waals surface area (Å²) in [4.78, 5) is 15.5. The van der Waals surface area contributed by atoms with E-state index in [9.17, 15) is 4.79 Å². The van der Waals surface area contributed by atoms with E-state index in [4.69, 9.17) is 16.3 Å². The molecule has 17 heavy (non-hydrogen) atoms. The summed E-state index contributed by atoms with van der Waals surface area (Å²) in [7, 11) is 0. The Morgan fingerprint density at radius 3 is 2.47 bits per heavy atom. The number of aryl methyl sites for hydroxylation is 1. The molecule has 0 aliphatic heterocycles. The number of hydrogen-bond donors (Lipinski definition) is 0. The molecule has 1 heterocycles. The summed E-state index contributed by atoms with van der Waals surface area (Å²) in [5, 5.41) is 0.344. The molecule has 0 atom stereocenters. The van der Waals surface area contributed by atoms with Crippen LogP contribution in [-0.2, 0) is 0 Å². The van der Waals surface area contributed by atoms with E-state index >= 15 is 0 Å². The average Bonchev–Trinajstić information content (AvgIpc) is 2.33. The van der Waals surface area contributed by atoms with Crippen molar-refractivity contribution in [1.29, 1.82) is 0 Å². The molecule has 0 aliphatic carbocycles. The first-order valence-electron chi connectivity index (χ1n) is 5.05. The van der Waals surface area contributed by atoms with Gasteiger partial charge in [0, 0.05) is 6.20 Å². The number of carbonyl (C=O) groups excluding carboxylic acids is 1. The van der Waals surface area contributed by atoms with Gasteiger partial charge in [-0.25, -0.2) is 9.78 Å². The molecule has 4 heteroatoms. The van der Waals surface area contributed by atoms with Crippen LogP contribution in [0.4, 0.5) is 0 Å². The van der Waals surface area contributed by atoms with Gasteiger partial charge in [-0.15, -0.1) is 0 Å². The lowest BCUT2D eigenvalue weighted by Gasteiger charge is -2.04. The van der Waals surface area contributed by atoms with Crippen molar-refractivity contribution in [2.24, 2.45) is 0 Å². The Bertz CT molecular complexity index is 520. The highest BCUT2D eigenvalue weighted by molar-refractivity contribution is 6.29. The second kappa shape index (κ2) is 4.97. The first-order chi connectivity index (χ1) is 8.15. The highest BCUT2D eigenvalue weighted by Crippen LogP contribution is 2.14. The molecule has 0 spiro atoms. The predicted octanol–water partition coefficient (Wildman–Crippen LogP) is 3.26. The minimum atomic E-state index is -0.446. The van der Waals surface area contributed by atoms with Gasteiger partial charge in [-0.3, -0.25) is 0 Å². The Hall–Kier alpha value is -1.87. The highest BCUT2D eigenvalue weighted by atomic mass is 35.5. The zero-order valence-electron chi connectivity index (χ0n) is 9.18. The third-order valence-corrected chi connectivity index (χ3v) is 2.42. The van der Waals surface area contributed by atoms with Gasteiger partial charge in [-0.2, -0.15) is 0 Å². The van der Waals surface area contributed by atoms with Gasteiger partial charge in [0.25, 0.3) is 0 Å². The monoisotopic (exact) mass is 247 g/mol. The summed E-state index contributed by atoms with van der Waals surface area (Å²) in [6, 6.07) is 10.4. The van der Waals surface area contributed by atoms with Crippen LogP contribution in [0.3, 0.4) is 0 Å². The summed E-state index contributed by atoms with van der Waals surface area (Å²) < 4.78 is 5.17.